The largest absolute Gasteiger partial charge is 0.341 e. The van der Waals surface area contributed by atoms with Gasteiger partial charge in [0, 0.05) is 43.0 Å². The number of anilines is 3. The number of likely N-dealkylation sites (tertiary alicyclic amines) is 1. The van der Waals surface area contributed by atoms with Gasteiger partial charge in [-0.1, -0.05) is 6.42 Å². The van der Waals surface area contributed by atoms with Crippen LogP contribution in [0.25, 0.3) is 0 Å². The Bertz CT molecular complexity index is 755. The minimum absolute atomic E-state index is 0.676. The molecule has 4 heterocycles. The molecular weight excluding hydrogens is 338 g/mol. The molecule has 0 bridgehead atoms. The maximum absolute atomic E-state index is 4.74. The highest BCUT2D eigenvalue weighted by Gasteiger charge is 2.27. The number of aromatic nitrogens is 4. The molecule has 2 aliphatic heterocycles. The fourth-order valence-electron chi connectivity index (χ4n) is 4.42. The molecule has 0 spiro atoms. The van der Waals surface area contributed by atoms with Crippen molar-refractivity contribution < 1.29 is 0 Å². The number of hydrogen-bond acceptors (Lipinski definition) is 6. The lowest BCUT2D eigenvalue weighted by molar-refractivity contribution is 0.141. The first kappa shape index (κ1) is 17.0. The van der Waals surface area contributed by atoms with Crippen molar-refractivity contribution in [2.45, 2.75) is 56.9 Å². The molecule has 27 heavy (non-hydrogen) atoms. The van der Waals surface area contributed by atoms with Crippen LogP contribution in [0, 0.1) is 0 Å². The van der Waals surface area contributed by atoms with E-state index in [1.165, 1.54) is 63.7 Å². The zero-order chi connectivity index (χ0) is 18.1. The predicted octanol–water partition coefficient (Wildman–Crippen LogP) is 3.28. The van der Waals surface area contributed by atoms with Gasteiger partial charge in [0.2, 0.25) is 5.95 Å². The molecule has 1 aliphatic carbocycles. The van der Waals surface area contributed by atoms with Gasteiger partial charge in [0.05, 0.1) is 0 Å². The van der Waals surface area contributed by atoms with Crippen LogP contribution in [0.3, 0.4) is 0 Å². The van der Waals surface area contributed by atoms with E-state index in [1.807, 2.05) is 12.3 Å². The molecule has 3 aliphatic rings. The van der Waals surface area contributed by atoms with E-state index in [4.69, 9.17) is 4.98 Å². The van der Waals surface area contributed by atoms with E-state index in [2.05, 4.69) is 36.4 Å². The first-order valence-corrected chi connectivity index (χ1v) is 10.5. The van der Waals surface area contributed by atoms with Gasteiger partial charge in [-0.2, -0.15) is 10.1 Å². The Hall–Kier alpha value is -2.15. The SMILES string of the molecule is c1cc(Nc2cc(C3CC3)[nH]n2)nc(N2CCC(N3CCCCC3)CC2)n1. The third kappa shape index (κ3) is 3.93. The van der Waals surface area contributed by atoms with Gasteiger partial charge in [0.1, 0.15) is 5.82 Å². The first-order valence-electron chi connectivity index (χ1n) is 10.5. The van der Waals surface area contributed by atoms with Gasteiger partial charge in [-0.3, -0.25) is 5.10 Å². The maximum atomic E-state index is 4.74. The minimum atomic E-state index is 0.676. The summed E-state index contributed by atoms with van der Waals surface area (Å²) in [7, 11) is 0. The van der Waals surface area contributed by atoms with E-state index >= 15 is 0 Å². The van der Waals surface area contributed by atoms with Gasteiger partial charge in [0.25, 0.3) is 0 Å². The van der Waals surface area contributed by atoms with Crippen molar-refractivity contribution in [3.8, 4) is 0 Å². The van der Waals surface area contributed by atoms with Gasteiger partial charge >= 0.3 is 0 Å². The van der Waals surface area contributed by atoms with Crippen molar-refractivity contribution in [3.05, 3.63) is 24.0 Å². The number of nitrogens with one attached hydrogen (secondary N) is 2. The van der Waals surface area contributed by atoms with Crippen molar-refractivity contribution >= 4 is 17.6 Å². The molecule has 3 fully saturated rings. The van der Waals surface area contributed by atoms with E-state index in [9.17, 15) is 0 Å². The topological polar surface area (TPSA) is 73.0 Å². The monoisotopic (exact) mass is 367 g/mol. The fraction of sp³-hybridized carbons (Fsp3) is 0.650. The van der Waals surface area contributed by atoms with Crippen molar-refractivity contribution in [3.63, 3.8) is 0 Å². The smallest absolute Gasteiger partial charge is 0.227 e. The second kappa shape index (κ2) is 7.46. The lowest BCUT2D eigenvalue weighted by Crippen LogP contribution is -2.47. The van der Waals surface area contributed by atoms with E-state index < -0.39 is 0 Å². The van der Waals surface area contributed by atoms with Crippen LogP contribution >= 0.6 is 0 Å². The number of aromatic amines is 1. The summed E-state index contributed by atoms with van der Waals surface area (Å²) in [4.78, 5) is 14.3. The molecular formula is C20H29N7. The van der Waals surface area contributed by atoms with Crippen LogP contribution in [-0.4, -0.2) is 57.3 Å². The van der Waals surface area contributed by atoms with Gasteiger partial charge < -0.3 is 15.1 Å². The summed E-state index contributed by atoms with van der Waals surface area (Å²) < 4.78 is 0. The standard InChI is InChI=1S/C20H29N7/c1-2-10-26(11-3-1)16-7-12-27(13-8-16)20-21-9-6-18(23-20)22-19-14-17(24-25-19)15-4-5-15/h6,9,14-16H,1-5,7-8,10-13H2,(H2,21,22,23,24,25). The second-order valence-electron chi connectivity index (χ2n) is 8.16. The molecule has 0 radical (unpaired) electrons. The molecule has 0 unspecified atom stereocenters. The third-order valence-electron chi connectivity index (χ3n) is 6.17. The highest BCUT2D eigenvalue weighted by Crippen LogP contribution is 2.39. The Kier molecular flexibility index (Phi) is 4.69. The van der Waals surface area contributed by atoms with Gasteiger partial charge in [-0.05, 0) is 57.7 Å². The van der Waals surface area contributed by atoms with Crippen molar-refractivity contribution in [2.75, 3.05) is 36.4 Å². The molecule has 2 aromatic rings. The average Bonchev–Trinajstić information content (AvgIpc) is 3.48. The van der Waals surface area contributed by atoms with Crippen molar-refractivity contribution in [2.24, 2.45) is 0 Å². The van der Waals surface area contributed by atoms with E-state index in [0.29, 0.717) is 5.92 Å². The molecule has 0 amide bonds. The Morgan fingerprint density at radius 1 is 0.963 bits per heavy atom. The molecule has 2 N–H and O–H groups in total. The number of rotatable bonds is 5. The second-order valence-corrected chi connectivity index (χ2v) is 8.16. The molecule has 2 saturated heterocycles. The lowest BCUT2D eigenvalue weighted by Gasteiger charge is -2.40. The summed E-state index contributed by atoms with van der Waals surface area (Å²) >= 11 is 0. The minimum Gasteiger partial charge on any atom is -0.341 e. The Morgan fingerprint density at radius 3 is 2.56 bits per heavy atom. The third-order valence-corrected chi connectivity index (χ3v) is 6.17. The van der Waals surface area contributed by atoms with E-state index in [-0.39, 0.29) is 0 Å². The predicted molar refractivity (Wildman–Crippen MR) is 107 cm³/mol. The van der Waals surface area contributed by atoms with Crippen LogP contribution in [0.2, 0.25) is 0 Å². The first-order chi connectivity index (χ1) is 13.3. The van der Waals surface area contributed by atoms with Crippen LogP contribution in [-0.2, 0) is 0 Å². The van der Waals surface area contributed by atoms with Gasteiger partial charge in [-0.25, -0.2) is 4.98 Å². The summed E-state index contributed by atoms with van der Waals surface area (Å²) in [5, 5.41) is 10.8. The highest BCUT2D eigenvalue weighted by atomic mass is 15.3. The average molecular weight is 368 g/mol. The van der Waals surface area contributed by atoms with Crippen LogP contribution in [0.5, 0.6) is 0 Å². The summed E-state index contributed by atoms with van der Waals surface area (Å²) in [5.74, 6) is 3.16. The lowest BCUT2D eigenvalue weighted by atomic mass is 10.0. The Morgan fingerprint density at radius 2 is 1.78 bits per heavy atom. The van der Waals surface area contributed by atoms with Crippen LogP contribution < -0.4 is 10.2 Å². The van der Waals surface area contributed by atoms with Crippen LogP contribution in [0.4, 0.5) is 17.6 Å². The van der Waals surface area contributed by atoms with Crippen LogP contribution in [0.15, 0.2) is 18.3 Å². The van der Waals surface area contributed by atoms with Gasteiger partial charge in [-0.15, -0.1) is 0 Å². The number of piperidine rings is 2. The summed E-state index contributed by atoms with van der Waals surface area (Å²) in [6.45, 7) is 4.65. The van der Waals surface area contributed by atoms with Crippen molar-refractivity contribution in [1.29, 1.82) is 0 Å². The van der Waals surface area contributed by atoms with E-state index in [1.54, 1.807) is 0 Å². The molecule has 144 valence electrons. The molecule has 0 atom stereocenters. The highest BCUT2D eigenvalue weighted by molar-refractivity contribution is 5.53. The number of H-pyrrole nitrogens is 1. The molecule has 7 nitrogen and oxygen atoms in total. The summed E-state index contributed by atoms with van der Waals surface area (Å²) in [6.07, 6.45) is 11.0. The number of hydrogen-bond donors (Lipinski definition) is 2. The van der Waals surface area contributed by atoms with Gasteiger partial charge in [0.15, 0.2) is 5.82 Å². The molecule has 2 aromatic heterocycles. The molecule has 7 heteroatoms. The van der Waals surface area contributed by atoms with E-state index in [0.717, 1.165) is 36.7 Å². The molecule has 5 rings (SSSR count). The Balaban J connectivity index is 1.20. The van der Waals surface area contributed by atoms with Crippen LogP contribution in [0.1, 0.15) is 56.6 Å². The summed E-state index contributed by atoms with van der Waals surface area (Å²) in [5.41, 5.74) is 1.23. The maximum Gasteiger partial charge on any atom is 0.227 e. The fourth-order valence-corrected chi connectivity index (χ4v) is 4.42. The molecule has 1 saturated carbocycles. The zero-order valence-corrected chi connectivity index (χ0v) is 15.9. The quantitative estimate of drug-likeness (QED) is 0.845. The van der Waals surface area contributed by atoms with Crippen molar-refractivity contribution in [1.82, 2.24) is 25.1 Å². The normalized spacial score (nSPS) is 22.1. The molecule has 0 aromatic carbocycles. The summed E-state index contributed by atoms with van der Waals surface area (Å²) in [6, 6.07) is 4.76. The zero-order valence-electron chi connectivity index (χ0n) is 15.9. The number of nitrogens with zero attached hydrogens (tertiary/aromatic N) is 5. The Labute approximate surface area is 160 Å².